The van der Waals surface area contributed by atoms with Gasteiger partial charge in [0.25, 0.3) is 0 Å². The summed E-state index contributed by atoms with van der Waals surface area (Å²) in [7, 11) is -3.56. The summed E-state index contributed by atoms with van der Waals surface area (Å²) < 4.78 is 30.8. The number of hydrogen-bond donors (Lipinski definition) is 2. The molecule has 0 bridgehead atoms. The lowest BCUT2D eigenvalue weighted by molar-refractivity contribution is 0.109. The zero-order valence-electron chi connectivity index (χ0n) is 24.8. The minimum absolute atomic E-state index is 0.149. The van der Waals surface area contributed by atoms with Crippen molar-refractivity contribution >= 4 is 27.0 Å². The van der Waals surface area contributed by atoms with E-state index in [2.05, 4.69) is 22.1 Å². The number of aliphatic hydroxyl groups excluding tert-OH is 1. The maximum atomic E-state index is 13.6. The van der Waals surface area contributed by atoms with Gasteiger partial charge in [0.2, 0.25) is 16.0 Å². The van der Waals surface area contributed by atoms with Gasteiger partial charge in [-0.15, -0.1) is 0 Å². The van der Waals surface area contributed by atoms with Gasteiger partial charge >= 0.3 is 0 Å². The zero-order chi connectivity index (χ0) is 29.1. The van der Waals surface area contributed by atoms with E-state index in [0.717, 1.165) is 93.3 Å². The van der Waals surface area contributed by atoms with Crippen LogP contribution in [-0.4, -0.2) is 87.3 Å². The molecule has 0 radical (unpaired) electrons. The number of nitrogens with zero attached hydrogens (tertiary/aromatic N) is 6. The Morgan fingerprint density at radius 1 is 0.929 bits per heavy atom. The summed E-state index contributed by atoms with van der Waals surface area (Å²) in [4.78, 5) is 12.3. The molecule has 3 aliphatic rings. The number of fused-ring (bicyclic) bond motifs is 1. The Morgan fingerprint density at radius 3 is 2.33 bits per heavy atom. The second-order valence-corrected chi connectivity index (χ2v) is 14.2. The van der Waals surface area contributed by atoms with Gasteiger partial charge in [-0.3, -0.25) is 0 Å². The molecule has 0 atom stereocenters. The normalized spacial score (nSPS) is 23.4. The highest BCUT2D eigenvalue weighted by molar-refractivity contribution is 7.89. The summed E-state index contributed by atoms with van der Waals surface area (Å²) in [6.45, 7) is 6.40. The van der Waals surface area contributed by atoms with Crippen molar-refractivity contribution in [2.45, 2.75) is 101 Å². The van der Waals surface area contributed by atoms with Crippen LogP contribution in [-0.2, 0) is 10.0 Å². The first kappa shape index (κ1) is 29.5. The van der Waals surface area contributed by atoms with Gasteiger partial charge in [-0.1, -0.05) is 31.9 Å². The van der Waals surface area contributed by atoms with Crippen LogP contribution in [0.1, 0.15) is 83.6 Å². The van der Waals surface area contributed by atoms with Crippen molar-refractivity contribution in [1.82, 2.24) is 29.0 Å². The smallest absolute Gasteiger partial charge is 0.243 e. The molecule has 6 rings (SSSR count). The van der Waals surface area contributed by atoms with Crippen LogP contribution in [0.25, 0.3) is 22.3 Å². The van der Waals surface area contributed by atoms with E-state index in [1.54, 1.807) is 16.4 Å². The highest BCUT2D eigenvalue weighted by Crippen LogP contribution is 2.35. The minimum Gasteiger partial charge on any atom is -0.393 e. The van der Waals surface area contributed by atoms with E-state index >= 15 is 0 Å². The third-order valence-electron chi connectivity index (χ3n) is 9.37. The summed E-state index contributed by atoms with van der Waals surface area (Å²) in [5, 5.41) is 19.3. The monoisotopic (exact) mass is 595 g/mol. The SMILES string of the molecule is CCCCNc1ncc2c(-c3ccc(S(=O)(=O)N4CCC(N5CCCCC5)CC4)cc3)nn([C@H]3CC[C@H](O)CC3)c2n1. The van der Waals surface area contributed by atoms with E-state index in [0.29, 0.717) is 30.0 Å². The van der Waals surface area contributed by atoms with Crippen LogP contribution < -0.4 is 5.32 Å². The molecule has 1 aliphatic carbocycles. The largest absolute Gasteiger partial charge is 0.393 e. The van der Waals surface area contributed by atoms with Crippen molar-refractivity contribution in [3.8, 4) is 11.3 Å². The maximum absolute atomic E-state index is 13.6. The van der Waals surface area contributed by atoms with Crippen LogP contribution in [0.5, 0.6) is 0 Å². The number of piperidine rings is 2. The molecule has 2 aliphatic heterocycles. The lowest BCUT2D eigenvalue weighted by Gasteiger charge is -2.39. The number of rotatable bonds is 9. The van der Waals surface area contributed by atoms with Crippen LogP contribution >= 0.6 is 0 Å². The molecule has 2 saturated heterocycles. The quantitative estimate of drug-likeness (QED) is 0.338. The summed E-state index contributed by atoms with van der Waals surface area (Å²) in [6, 6.07) is 7.79. The van der Waals surface area contributed by atoms with Crippen LogP contribution in [0.3, 0.4) is 0 Å². The molecule has 2 aromatic heterocycles. The molecule has 3 aromatic rings. The first-order valence-corrected chi connectivity index (χ1v) is 17.4. The van der Waals surface area contributed by atoms with E-state index < -0.39 is 10.0 Å². The number of nitrogens with one attached hydrogen (secondary N) is 1. The average Bonchev–Trinajstić information content (AvgIpc) is 3.41. The number of sulfonamides is 1. The summed E-state index contributed by atoms with van der Waals surface area (Å²) in [5.74, 6) is 0.588. The maximum Gasteiger partial charge on any atom is 0.243 e. The zero-order valence-corrected chi connectivity index (χ0v) is 25.6. The second-order valence-electron chi connectivity index (χ2n) is 12.2. The molecule has 1 saturated carbocycles. The fourth-order valence-corrected chi connectivity index (χ4v) is 8.29. The van der Waals surface area contributed by atoms with Crippen LogP contribution in [0, 0.1) is 0 Å². The molecule has 228 valence electrons. The van der Waals surface area contributed by atoms with E-state index in [-0.39, 0.29) is 12.1 Å². The van der Waals surface area contributed by atoms with Crippen LogP contribution in [0.15, 0.2) is 35.4 Å². The highest BCUT2D eigenvalue weighted by atomic mass is 32.2. The third-order valence-corrected chi connectivity index (χ3v) is 11.3. The van der Waals surface area contributed by atoms with E-state index in [1.807, 2.05) is 23.0 Å². The van der Waals surface area contributed by atoms with Gasteiger partial charge in [-0.05, 0) is 83.0 Å². The van der Waals surface area contributed by atoms with Crippen LogP contribution in [0.4, 0.5) is 5.95 Å². The van der Waals surface area contributed by atoms with Crippen molar-refractivity contribution in [3.05, 3.63) is 30.5 Å². The summed E-state index contributed by atoms with van der Waals surface area (Å²) in [5.41, 5.74) is 2.36. The average molecular weight is 596 g/mol. The number of anilines is 1. The van der Waals surface area contributed by atoms with Gasteiger partial charge in [0, 0.05) is 37.4 Å². The molecular formula is C31H45N7O3S. The Kier molecular flexibility index (Phi) is 9.09. The van der Waals surface area contributed by atoms with E-state index in [4.69, 9.17) is 10.1 Å². The lowest BCUT2D eigenvalue weighted by Crippen LogP contribution is -2.48. The van der Waals surface area contributed by atoms with Crippen molar-refractivity contribution in [2.75, 3.05) is 38.0 Å². The second kappa shape index (κ2) is 13.0. The number of unbranched alkanes of at least 4 members (excludes halogenated alkanes) is 1. The predicted molar refractivity (Wildman–Crippen MR) is 165 cm³/mol. The van der Waals surface area contributed by atoms with Gasteiger partial charge in [0.15, 0.2) is 5.65 Å². The van der Waals surface area contributed by atoms with Crippen molar-refractivity contribution in [1.29, 1.82) is 0 Å². The molecule has 4 heterocycles. The number of hydrogen-bond acceptors (Lipinski definition) is 8. The molecule has 2 N–H and O–H groups in total. The van der Waals surface area contributed by atoms with Crippen molar-refractivity contribution < 1.29 is 13.5 Å². The van der Waals surface area contributed by atoms with E-state index in [9.17, 15) is 13.5 Å². The van der Waals surface area contributed by atoms with Crippen molar-refractivity contribution in [3.63, 3.8) is 0 Å². The fraction of sp³-hybridized carbons (Fsp3) is 0.645. The highest BCUT2D eigenvalue weighted by Gasteiger charge is 2.32. The number of aromatic nitrogens is 4. The minimum atomic E-state index is -3.56. The standard InChI is InChI=1S/C31H45N7O3S/c1-2-3-17-32-31-33-22-28-29(35-38(30(28)34-31)25-9-11-26(39)12-10-25)23-7-13-27(14-8-23)42(40,41)37-20-15-24(16-21-37)36-18-5-4-6-19-36/h7-8,13-14,22,24-26,39H,2-6,9-12,15-21H2,1H3,(H,32,33,34)/t25-,26-. The molecular weight excluding hydrogens is 550 g/mol. The Bertz CT molecular complexity index is 1440. The number of aliphatic hydroxyl groups is 1. The Hall–Kier alpha value is -2.60. The molecule has 42 heavy (non-hydrogen) atoms. The number of likely N-dealkylation sites (tertiary alicyclic amines) is 1. The predicted octanol–water partition coefficient (Wildman–Crippen LogP) is 4.82. The van der Waals surface area contributed by atoms with Gasteiger partial charge in [0.05, 0.1) is 22.4 Å². The lowest BCUT2D eigenvalue weighted by atomic mass is 9.93. The number of benzene rings is 1. The molecule has 0 amide bonds. The molecule has 3 fully saturated rings. The molecule has 1 aromatic carbocycles. The molecule has 0 spiro atoms. The van der Waals surface area contributed by atoms with Gasteiger partial charge in [0.1, 0.15) is 5.69 Å². The first-order valence-electron chi connectivity index (χ1n) is 16.0. The Balaban J connectivity index is 1.23. The third kappa shape index (κ3) is 6.20. The van der Waals surface area contributed by atoms with E-state index in [1.165, 1.54) is 19.3 Å². The van der Waals surface area contributed by atoms with Crippen LogP contribution in [0.2, 0.25) is 0 Å². The van der Waals surface area contributed by atoms with Crippen molar-refractivity contribution in [2.24, 2.45) is 0 Å². The van der Waals surface area contributed by atoms with Gasteiger partial charge in [-0.2, -0.15) is 14.4 Å². The molecule has 11 heteroatoms. The Morgan fingerprint density at radius 2 is 1.64 bits per heavy atom. The summed E-state index contributed by atoms with van der Waals surface area (Å²) >= 11 is 0. The fourth-order valence-electron chi connectivity index (χ4n) is 6.82. The Labute approximate surface area is 249 Å². The van der Waals surface area contributed by atoms with Gasteiger partial charge in [-0.25, -0.2) is 18.1 Å². The topological polar surface area (TPSA) is 116 Å². The molecule has 0 unspecified atom stereocenters. The molecule has 10 nitrogen and oxygen atoms in total. The van der Waals surface area contributed by atoms with Gasteiger partial charge < -0.3 is 15.3 Å². The summed E-state index contributed by atoms with van der Waals surface area (Å²) in [6.07, 6.45) is 12.5. The first-order chi connectivity index (χ1) is 20.4.